The third kappa shape index (κ3) is 5.61. The van der Waals surface area contributed by atoms with E-state index in [0.717, 1.165) is 43.0 Å². The number of imide groups is 1. The molecule has 47 heavy (non-hydrogen) atoms. The summed E-state index contributed by atoms with van der Waals surface area (Å²) in [6, 6.07) is 7.11. The summed E-state index contributed by atoms with van der Waals surface area (Å²) in [5.41, 5.74) is 3.41. The fourth-order valence-electron chi connectivity index (χ4n) is 10.8. The monoisotopic (exact) mass is 646 g/mol. The summed E-state index contributed by atoms with van der Waals surface area (Å²) in [6.07, 6.45) is 15.9. The van der Waals surface area contributed by atoms with Crippen LogP contribution < -0.4 is 11.0 Å². The first kappa shape index (κ1) is 31.7. The van der Waals surface area contributed by atoms with E-state index in [1.54, 1.807) is 16.2 Å². The van der Waals surface area contributed by atoms with Crippen LogP contribution in [0.1, 0.15) is 107 Å². The van der Waals surface area contributed by atoms with E-state index in [4.69, 9.17) is 0 Å². The van der Waals surface area contributed by atoms with Crippen LogP contribution in [-0.4, -0.2) is 104 Å². The van der Waals surface area contributed by atoms with E-state index in [2.05, 4.69) is 32.1 Å². The zero-order chi connectivity index (χ0) is 32.3. The second-order valence-corrected chi connectivity index (χ2v) is 16.2. The molecule has 5 aliphatic heterocycles. The largest absolute Gasteiger partial charge is 0.394 e. The molecular weight excluding hydrogens is 592 g/mol. The quantitative estimate of drug-likeness (QED) is 0.424. The molecule has 2 aromatic rings. The number of likely N-dealkylation sites (tertiary alicyclic amines) is 2. The van der Waals surface area contributed by atoms with Crippen molar-refractivity contribution in [1.29, 1.82) is 0 Å². The number of aromatic nitrogens is 2. The van der Waals surface area contributed by atoms with Crippen molar-refractivity contribution in [2.24, 2.45) is 12.5 Å². The van der Waals surface area contributed by atoms with Crippen LogP contribution in [0.2, 0.25) is 0 Å². The number of carbonyl (C=O) groups excluding carboxylic acids is 2. The molecule has 8 rings (SSSR count). The van der Waals surface area contributed by atoms with Gasteiger partial charge in [-0.2, -0.15) is 0 Å². The SMILES string of the molecule is Cn1c(=O)n(C2CCC(=O)NC2=O)c2ccc(C3CCN(C4CC5(CCN(CCC[C@@H]6CC[C@]7(CO)CCCN67)CC5)C4)CC3)cc21. The number of amides is 2. The molecule has 1 aromatic carbocycles. The number of fused-ring (bicyclic) bond motifs is 2. The normalized spacial score (nSPS) is 31.1. The van der Waals surface area contributed by atoms with E-state index in [1.165, 1.54) is 96.0 Å². The number of rotatable bonds is 8. The van der Waals surface area contributed by atoms with Gasteiger partial charge in [0.1, 0.15) is 6.04 Å². The Morgan fingerprint density at radius 3 is 2.45 bits per heavy atom. The van der Waals surface area contributed by atoms with Gasteiger partial charge in [0, 0.05) is 31.1 Å². The molecule has 0 radical (unpaired) electrons. The summed E-state index contributed by atoms with van der Waals surface area (Å²) in [5.74, 6) is -0.171. The van der Waals surface area contributed by atoms with Crippen molar-refractivity contribution in [3.63, 3.8) is 0 Å². The fraction of sp³-hybridized carbons (Fsp3) is 0.757. The molecule has 0 bridgehead atoms. The maximum atomic E-state index is 13.2. The number of aryl methyl sites for hydroxylation is 1. The maximum absolute atomic E-state index is 13.2. The average Bonchev–Trinajstić information content (AvgIpc) is 3.72. The molecule has 1 saturated carbocycles. The number of nitrogens with zero attached hydrogens (tertiary/aromatic N) is 5. The summed E-state index contributed by atoms with van der Waals surface area (Å²) in [4.78, 5) is 45.6. The van der Waals surface area contributed by atoms with Crippen molar-refractivity contribution in [1.82, 2.24) is 29.2 Å². The van der Waals surface area contributed by atoms with Crippen LogP contribution in [0.4, 0.5) is 0 Å². The van der Waals surface area contributed by atoms with Gasteiger partial charge in [-0.15, -0.1) is 0 Å². The fourth-order valence-corrected chi connectivity index (χ4v) is 10.8. The van der Waals surface area contributed by atoms with E-state index in [1.807, 2.05) is 6.07 Å². The highest BCUT2D eigenvalue weighted by molar-refractivity contribution is 6.00. The minimum absolute atomic E-state index is 0.127. The molecule has 5 saturated heterocycles. The number of imidazole rings is 1. The number of piperidine rings is 3. The highest BCUT2D eigenvalue weighted by atomic mass is 16.3. The molecule has 1 unspecified atom stereocenters. The summed E-state index contributed by atoms with van der Waals surface area (Å²) in [5, 5.41) is 12.4. The van der Waals surface area contributed by atoms with E-state index in [9.17, 15) is 19.5 Å². The summed E-state index contributed by atoms with van der Waals surface area (Å²) in [7, 11) is 1.78. The Bertz CT molecular complexity index is 1560. The Hall–Kier alpha value is -2.53. The van der Waals surface area contributed by atoms with Crippen LogP contribution >= 0.6 is 0 Å². The second kappa shape index (κ2) is 12.4. The second-order valence-electron chi connectivity index (χ2n) is 16.2. The first-order valence-corrected chi connectivity index (χ1v) is 18.7. The van der Waals surface area contributed by atoms with E-state index < -0.39 is 6.04 Å². The van der Waals surface area contributed by atoms with Gasteiger partial charge >= 0.3 is 5.69 Å². The molecule has 6 fully saturated rings. The molecule has 1 aromatic heterocycles. The molecule has 1 aliphatic carbocycles. The predicted octanol–water partition coefficient (Wildman–Crippen LogP) is 3.51. The minimum atomic E-state index is -0.642. The van der Waals surface area contributed by atoms with E-state index in [-0.39, 0.29) is 29.5 Å². The molecule has 10 heteroatoms. The van der Waals surface area contributed by atoms with Crippen LogP contribution in [0.5, 0.6) is 0 Å². The highest BCUT2D eigenvalue weighted by Crippen LogP contribution is 2.52. The van der Waals surface area contributed by atoms with Crippen molar-refractivity contribution in [3.05, 3.63) is 34.2 Å². The zero-order valence-corrected chi connectivity index (χ0v) is 28.3. The van der Waals surface area contributed by atoms with Crippen molar-refractivity contribution in [2.75, 3.05) is 45.9 Å². The Labute approximate surface area is 278 Å². The lowest BCUT2D eigenvalue weighted by molar-refractivity contribution is -0.135. The molecule has 2 N–H and O–H groups in total. The number of hydrogen-bond donors (Lipinski definition) is 2. The van der Waals surface area contributed by atoms with Crippen molar-refractivity contribution < 1.29 is 14.7 Å². The van der Waals surface area contributed by atoms with Crippen molar-refractivity contribution >= 4 is 22.8 Å². The number of aliphatic hydroxyl groups excluding tert-OH is 1. The molecule has 6 heterocycles. The number of nitrogens with one attached hydrogen (secondary N) is 1. The average molecular weight is 647 g/mol. The van der Waals surface area contributed by atoms with Gasteiger partial charge in [0.25, 0.3) is 0 Å². The lowest BCUT2D eigenvalue weighted by Gasteiger charge is -2.56. The molecule has 256 valence electrons. The van der Waals surface area contributed by atoms with Gasteiger partial charge in [0.2, 0.25) is 11.8 Å². The topological polar surface area (TPSA) is 103 Å². The standard InChI is InChI=1S/C37H54N6O4/c1-39-32-22-27(5-6-30(32)43(35(39)47)31-7-8-33(45)38-34(31)46)26-10-18-41(19-11-26)29-23-36(24-29)14-20-40(21-15-36)16-2-4-28-9-13-37(25-44)12-3-17-42(28)37/h5-6,22,26,28-29,31,44H,2-4,7-21,23-25H2,1H3,(H,38,45,46)/t28-,31?,37+/m1/s1. The number of benzene rings is 1. The van der Waals surface area contributed by atoms with Gasteiger partial charge in [0.05, 0.1) is 17.6 Å². The van der Waals surface area contributed by atoms with Gasteiger partial charge in [-0.25, -0.2) is 4.79 Å². The lowest BCUT2D eigenvalue weighted by Crippen LogP contribution is -2.56. The lowest BCUT2D eigenvalue weighted by atomic mass is 9.59. The summed E-state index contributed by atoms with van der Waals surface area (Å²) in [6.45, 7) is 7.59. The van der Waals surface area contributed by atoms with Gasteiger partial charge in [-0.05, 0) is 152 Å². The van der Waals surface area contributed by atoms with E-state index in [0.29, 0.717) is 30.4 Å². The Morgan fingerprint density at radius 2 is 1.70 bits per heavy atom. The zero-order valence-electron chi connectivity index (χ0n) is 28.3. The van der Waals surface area contributed by atoms with Gasteiger partial charge in [0.15, 0.2) is 0 Å². The third-order valence-corrected chi connectivity index (χ3v) is 13.7. The van der Waals surface area contributed by atoms with Crippen molar-refractivity contribution in [3.8, 4) is 0 Å². The van der Waals surface area contributed by atoms with Crippen LogP contribution in [0.3, 0.4) is 0 Å². The van der Waals surface area contributed by atoms with E-state index >= 15 is 0 Å². The smallest absolute Gasteiger partial charge is 0.329 e. The molecule has 1 spiro atoms. The Balaban J connectivity index is 0.797. The van der Waals surface area contributed by atoms with Crippen LogP contribution in [0.15, 0.2) is 23.0 Å². The number of carbonyl (C=O) groups is 2. The molecule has 10 nitrogen and oxygen atoms in total. The first-order chi connectivity index (χ1) is 22.8. The molecule has 6 aliphatic rings. The van der Waals surface area contributed by atoms with Gasteiger partial charge < -0.3 is 14.9 Å². The van der Waals surface area contributed by atoms with Crippen LogP contribution in [0, 0.1) is 5.41 Å². The molecular formula is C37H54N6O4. The van der Waals surface area contributed by atoms with Crippen LogP contribution in [-0.2, 0) is 16.6 Å². The predicted molar refractivity (Wildman–Crippen MR) is 181 cm³/mol. The Morgan fingerprint density at radius 1 is 0.915 bits per heavy atom. The third-order valence-electron chi connectivity index (χ3n) is 13.7. The maximum Gasteiger partial charge on any atom is 0.329 e. The minimum Gasteiger partial charge on any atom is -0.394 e. The molecule has 2 amide bonds. The number of hydrogen-bond acceptors (Lipinski definition) is 7. The van der Waals surface area contributed by atoms with Crippen molar-refractivity contribution in [2.45, 2.75) is 119 Å². The van der Waals surface area contributed by atoms with Gasteiger partial charge in [-0.1, -0.05) is 6.07 Å². The summed E-state index contributed by atoms with van der Waals surface area (Å²) < 4.78 is 3.23. The first-order valence-electron chi connectivity index (χ1n) is 18.7. The Kier molecular flexibility index (Phi) is 8.38. The van der Waals surface area contributed by atoms with Gasteiger partial charge in [-0.3, -0.25) is 28.9 Å². The summed E-state index contributed by atoms with van der Waals surface area (Å²) >= 11 is 0. The van der Waals surface area contributed by atoms with Crippen LogP contribution in [0.25, 0.3) is 11.0 Å². The highest BCUT2D eigenvalue weighted by Gasteiger charge is 2.49. The molecule has 3 atom stereocenters. The number of aliphatic hydroxyl groups is 1.